The van der Waals surface area contributed by atoms with Crippen molar-refractivity contribution in [1.82, 2.24) is 25.2 Å². The van der Waals surface area contributed by atoms with Crippen LogP contribution in [0.1, 0.15) is 23.3 Å². The number of nitrogens with zero attached hydrogens (tertiary/aromatic N) is 3. The highest BCUT2D eigenvalue weighted by Gasteiger charge is 2.35. The molecule has 1 aromatic heterocycles. The molecule has 1 fully saturated rings. The zero-order valence-corrected chi connectivity index (χ0v) is 13.9. The molecule has 0 saturated carbocycles. The van der Waals surface area contributed by atoms with E-state index in [1.807, 2.05) is 30.3 Å². The lowest BCUT2D eigenvalue weighted by molar-refractivity contribution is 0.0696. The second kappa shape index (κ2) is 7.17. The second-order valence-electron chi connectivity index (χ2n) is 5.45. The SMILES string of the molecule is O=C(NO)c1n[nH]nc1S(=O)(=O)N1CCC(Oc2ccccc2)CC1. The Morgan fingerprint density at radius 3 is 2.56 bits per heavy atom. The Morgan fingerprint density at radius 2 is 1.92 bits per heavy atom. The van der Waals surface area contributed by atoms with Gasteiger partial charge in [0.05, 0.1) is 0 Å². The van der Waals surface area contributed by atoms with Crippen LogP contribution in [-0.2, 0) is 10.0 Å². The molecule has 1 aromatic carbocycles. The summed E-state index contributed by atoms with van der Waals surface area (Å²) in [7, 11) is -4.00. The average Bonchev–Trinajstić information content (AvgIpc) is 3.13. The molecule has 3 rings (SSSR count). The molecule has 1 amide bonds. The van der Waals surface area contributed by atoms with Crippen molar-refractivity contribution in [3.63, 3.8) is 0 Å². The Kier molecular flexibility index (Phi) is 4.97. The normalized spacial score (nSPS) is 16.5. The Labute approximate surface area is 143 Å². The number of ether oxygens (including phenoxy) is 1. The predicted molar refractivity (Wildman–Crippen MR) is 84.5 cm³/mol. The predicted octanol–water partition coefficient (Wildman–Crippen LogP) is 0.156. The Bertz CT molecular complexity index is 830. The minimum Gasteiger partial charge on any atom is -0.490 e. The Hall–Kier alpha value is -2.50. The number of para-hydroxylation sites is 1. The van der Waals surface area contributed by atoms with E-state index in [0.717, 1.165) is 5.75 Å². The fraction of sp³-hybridized carbons (Fsp3) is 0.357. The summed E-state index contributed by atoms with van der Waals surface area (Å²) in [6, 6.07) is 9.32. The van der Waals surface area contributed by atoms with Gasteiger partial charge in [0.1, 0.15) is 11.9 Å². The molecule has 2 aromatic rings. The van der Waals surface area contributed by atoms with E-state index in [4.69, 9.17) is 9.94 Å². The topological polar surface area (TPSA) is 138 Å². The fourth-order valence-corrected chi connectivity index (χ4v) is 4.08. The van der Waals surface area contributed by atoms with Crippen molar-refractivity contribution in [2.45, 2.75) is 24.0 Å². The molecule has 0 aliphatic carbocycles. The van der Waals surface area contributed by atoms with E-state index in [2.05, 4.69) is 15.4 Å². The van der Waals surface area contributed by atoms with Crippen LogP contribution in [0, 0.1) is 0 Å². The summed E-state index contributed by atoms with van der Waals surface area (Å²) >= 11 is 0. The van der Waals surface area contributed by atoms with Gasteiger partial charge in [-0.1, -0.05) is 18.2 Å². The van der Waals surface area contributed by atoms with Crippen LogP contribution in [0.5, 0.6) is 5.75 Å². The first-order valence-electron chi connectivity index (χ1n) is 7.59. The lowest BCUT2D eigenvalue weighted by Crippen LogP contribution is -2.42. The minimum atomic E-state index is -4.00. The van der Waals surface area contributed by atoms with Gasteiger partial charge in [0.2, 0.25) is 5.03 Å². The monoisotopic (exact) mass is 367 g/mol. The summed E-state index contributed by atoms with van der Waals surface area (Å²) in [5.41, 5.74) is 0.871. The van der Waals surface area contributed by atoms with Gasteiger partial charge in [-0.15, -0.1) is 10.2 Å². The standard InChI is InChI=1S/C14H17N5O5S/c20-13(17-21)12-14(16-18-15-12)25(22,23)19-8-6-11(7-9-19)24-10-4-2-1-3-5-10/h1-5,11,21H,6-9H2,(H,17,20)(H,15,16,18). The van der Waals surface area contributed by atoms with E-state index in [-0.39, 0.29) is 19.2 Å². The molecule has 0 unspecified atom stereocenters. The average molecular weight is 367 g/mol. The van der Waals surface area contributed by atoms with Crippen molar-refractivity contribution < 1.29 is 23.2 Å². The van der Waals surface area contributed by atoms with Crippen LogP contribution in [0.2, 0.25) is 0 Å². The molecule has 11 heteroatoms. The summed E-state index contributed by atoms with van der Waals surface area (Å²) in [5.74, 6) is -0.308. The molecule has 0 spiro atoms. The van der Waals surface area contributed by atoms with Gasteiger partial charge in [0.25, 0.3) is 15.9 Å². The number of hydrogen-bond acceptors (Lipinski definition) is 7. The largest absolute Gasteiger partial charge is 0.490 e. The van der Waals surface area contributed by atoms with Crippen LogP contribution >= 0.6 is 0 Å². The molecule has 10 nitrogen and oxygen atoms in total. The number of sulfonamides is 1. The molecular formula is C14H17N5O5S. The lowest BCUT2D eigenvalue weighted by atomic mass is 10.1. The molecule has 0 radical (unpaired) electrons. The molecule has 1 aliphatic heterocycles. The molecule has 0 atom stereocenters. The van der Waals surface area contributed by atoms with Crippen molar-refractivity contribution >= 4 is 15.9 Å². The molecule has 3 N–H and O–H groups in total. The highest BCUT2D eigenvalue weighted by atomic mass is 32.2. The van der Waals surface area contributed by atoms with Gasteiger partial charge in [0, 0.05) is 13.1 Å². The summed E-state index contributed by atoms with van der Waals surface area (Å²) in [4.78, 5) is 11.5. The van der Waals surface area contributed by atoms with E-state index >= 15 is 0 Å². The van der Waals surface area contributed by atoms with Gasteiger partial charge in [-0.3, -0.25) is 10.0 Å². The van der Waals surface area contributed by atoms with E-state index in [1.165, 1.54) is 9.79 Å². The van der Waals surface area contributed by atoms with Crippen molar-refractivity contribution in [1.29, 1.82) is 0 Å². The number of piperidine rings is 1. The Balaban J connectivity index is 1.68. The summed E-state index contributed by atoms with van der Waals surface area (Å²) in [6.07, 6.45) is 0.924. The zero-order valence-electron chi connectivity index (χ0n) is 13.1. The number of aromatic amines is 1. The molecule has 1 saturated heterocycles. The molecular weight excluding hydrogens is 350 g/mol. The number of rotatable bonds is 5. The zero-order chi connectivity index (χ0) is 17.9. The number of benzene rings is 1. The van der Waals surface area contributed by atoms with Crippen molar-refractivity contribution in [3.8, 4) is 5.75 Å². The van der Waals surface area contributed by atoms with Gasteiger partial charge in [-0.25, -0.2) is 13.9 Å². The van der Waals surface area contributed by atoms with Gasteiger partial charge < -0.3 is 4.74 Å². The first kappa shape index (κ1) is 17.3. The number of nitrogens with one attached hydrogen (secondary N) is 2. The smallest absolute Gasteiger partial charge is 0.298 e. The van der Waals surface area contributed by atoms with Crippen LogP contribution in [0.3, 0.4) is 0 Å². The maximum atomic E-state index is 12.7. The van der Waals surface area contributed by atoms with Gasteiger partial charge in [0.15, 0.2) is 5.69 Å². The van der Waals surface area contributed by atoms with E-state index in [9.17, 15) is 13.2 Å². The molecule has 134 valence electrons. The molecule has 1 aliphatic rings. The van der Waals surface area contributed by atoms with Crippen molar-refractivity contribution in [3.05, 3.63) is 36.0 Å². The van der Waals surface area contributed by atoms with Crippen LogP contribution in [-0.4, -0.2) is 58.4 Å². The first-order valence-corrected chi connectivity index (χ1v) is 9.03. The number of amides is 1. The first-order chi connectivity index (χ1) is 12.0. The van der Waals surface area contributed by atoms with Crippen molar-refractivity contribution in [2.24, 2.45) is 0 Å². The number of carbonyl (C=O) groups excluding carboxylic acids is 1. The molecule has 25 heavy (non-hydrogen) atoms. The number of H-pyrrole nitrogens is 1. The van der Waals surface area contributed by atoms with Crippen LogP contribution in [0.4, 0.5) is 0 Å². The quantitative estimate of drug-likeness (QED) is 0.505. The Morgan fingerprint density at radius 1 is 1.24 bits per heavy atom. The third-order valence-corrected chi connectivity index (χ3v) is 5.68. The van der Waals surface area contributed by atoms with Gasteiger partial charge in [-0.05, 0) is 25.0 Å². The highest BCUT2D eigenvalue weighted by Crippen LogP contribution is 2.23. The minimum absolute atomic E-state index is 0.0913. The van der Waals surface area contributed by atoms with Crippen molar-refractivity contribution in [2.75, 3.05) is 13.1 Å². The molecule has 0 bridgehead atoms. The van der Waals surface area contributed by atoms with Gasteiger partial charge in [-0.2, -0.15) is 9.52 Å². The van der Waals surface area contributed by atoms with E-state index in [1.54, 1.807) is 0 Å². The maximum absolute atomic E-state index is 12.7. The van der Waals surface area contributed by atoms with Gasteiger partial charge >= 0.3 is 0 Å². The lowest BCUT2D eigenvalue weighted by Gasteiger charge is -2.30. The number of aromatic nitrogens is 3. The fourth-order valence-electron chi connectivity index (χ4n) is 2.61. The summed E-state index contributed by atoms with van der Waals surface area (Å²) in [6.45, 7) is 0.458. The number of hydroxylamine groups is 1. The number of hydrogen-bond donors (Lipinski definition) is 3. The third-order valence-electron chi connectivity index (χ3n) is 3.86. The highest BCUT2D eigenvalue weighted by molar-refractivity contribution is 7.89. The van der Waals surface area contributed by atoms with Crippen LogP contribution in [0.15, 0.2) is 35.4 Å². The summed E-state index contributed by atoms with van der Waals surface area (Å²) < 4.78 is 32.4. The number of carbonyl (C=O) groups is 1. The molecule has 2 heterocycles. The second-order valence-corrected chi connectivity index (χ2v) is 7.31. The third kappa shape index (κ3) is 3.62. The van der Waals surface area contributed by atoms with Crippen LogP contribution in [0.25, 0.3) is 0 Å². The van der Waals surface area contributed by atoms with E-state index < -0.39 is 26.7 Å². The maximum Gasteiger partial charge on any atom is 0.298 e. The summed E-state index contributed by atoms with van der Waals surface area (Å²) in [5, 5.41) is 17.3. The van der Waals surface area contributed by atoms with Crippen LogP contribution < -0.4 is 10.2 Å². The van der Waals surface area contributed by atoms with E-state index in [0.29, 0.717) is 12.8 Å².